The zero-order chi connectivity index (χ0) is 25.9. The second-order valence-corrected chi connectivity index (χ2v) is 12.0. The zero-order valence-electron chi connectivity index (χ0n) is 22.6. The molecule has 2 heterocycles. The number of aliphatic hydroxyl groups is 1. The monoisotopic (exact) mass is 511 g/mol. The van der Waals surface area contributed by atoms with Crippen LogP contribution in [0.1, 0.15) is 98.9 Å². The van der Waals surface area contributed by atoms with Crippen molar-refractivity contribution < 1.29 is 19.4 Å². The fraction of sp³-hybridized carbons (Fsp3) is 0.733. The molecule has 0 aromatic heterocycles. The molecule has 1 aromatic carbocycles. The maximum Gasteiger partial charge on any atom is 0.254 e. The van der Waals surface area contributed by atoms with Gasteiger partial charge in [-0.1, -0.05) is 57.1 Å². The summed E-state index contributed by atoms with van der Waals surface area (Å²) in [5.74, 6) is 0.161. The average Bonchev–Trinajstić information content (AvgIpc) is 3.70. The lowest BCUT2D eigenvalue weighted by molar-refractivity contribution is -0.143. The highest BCUT2D eigenvalue weighted by molar-refractivity contribution is 5.94. The molecular weight excluding hydrogens is 466 g/mol. The third-order valence-electron chi connectivity index (χ3n) is 9.41. The molecule has 7 nitrogen and oxygen atoms in total. The van der Waals surface area contributed by atoms with Crippen molar-refractivity contribution in [3.63, 3.8) is 0 Å². The first-order valence-electron chi connectivity index (χ1n) is 14.6. The van der Waals surface area contributed by atoms with Crippen molar-refractivity contribution >= 4 is 11.8 Å². The minimum absolute atomic E-state index is 0.0150. The lowest BCUT2D eigenvalue weighted by Gasteiger charge is -2.46. The van der Waals surface area contributed by atoms with E-state index < -0.39 is 5.60 Å². The molecule has 2 amide bonds. The number of carbonyl (C=O) groups excluding carboxylic acids is 2. The highest BCUT2D eigenvalue weighted by Gasteiger charge is 2.50. The summed E-state index contributed by atoms with van der Waals surface area (Å²) in [4.78, 5) is 29.1. The van der Waals surface area contributed by atoms with Crippen LogP contribution in [0.4, 0.5) is 0 Å². The number of nitrogens with one attached hydrogen (secondary N) is 1. The number of amides is 2. The van der Waals surface area contributed by atoms with E-state index in [2.05, 4.69) is 17.4 Å². The molecule has 0 bridgehead atoms. The van der Waals surface area contributed by atoms with Crippen molar-refractivity contribution in [3.8, 4) is 0 Å². The Hall–Kier alpha value is -1.96. The van der Waals surface area contributed by atoms with Gasteiger partial charge in [0.1, 0.15) is 5.60 Å². The van der Waals surface area contributed by atoms with Crippen molar-refractivity contribution in [2.24, 2.45) is 0 Å². The number of ether oxygens (including phenoxy) is 1. The fourth-order valence-electron chi connectivity index (χ4n) is 6.78. The molecule has 0 radical (unpaired) electrons. The molecule has 204 valence electrons. The number of hydrogen-bond donors (Lipinski definition) is 2. The molecule has 2 N–H and O–H groups in total. The maximum atomic E-state index is 13.2. The molecule has 7 heteroatoms. The van der Waals surface area contributed by atoms with Crippen LogP contribution in [0.15, 0.2) is 24.3 Å². The Morgan fingerprint density at radius 2 is 1.43 bits per heavy atom. The first-order chi connectivity index (χ1) is 17.9. The minimum Gasteiger partial charge on any atom is -0.380 e. The normalized spacial score (nSPS) is 28.1. The largest absolute Gasteiger partial charge is 0.380 e. The van der Waals surface area contributed by atoms with Gasteiger partial charge >= 0.3 is 0 Å². The highest BCUT2D eigenvalue weighted by atomic mass is 16.5. The van der Waals surface area contributed by atoms with Crippen LogP contribution in [0.2, 0.25) is 0 Å². The van der Waals surface area contributed by atoms with Crippen LogP contribution in [0.5, 0.6) is 0 Å². The van der Waals surface area contributed by atoms with E-state index in [1.165, 1.54) is 63.4 Å². The third kappa shape index (κ3) is 6.04. The molecule has 2 saturated carbocycles. The molecule has 2 aliphatic heterocycles. The Balaban J connectivity index is 1.22. The predicted molar refractivity (Wildman–Crippen MR) is 144 cm³/mol. The Kier molecular flexibility index (Phi) is 8.22. The van der Waals surface area contributed by atoms with Crippen LogP contribution in [-0.4, -0.2) is 83.8 Å². The topological polar surface area (TPSA) is 82.1 Å². The van der Waals surface area contributed by atoms with E-state index in [4.69, 9.17) is 4.74 Å². The molecule has 37 heavy (non-hydrogen) atoms. The molecule has 4 fully saturated rings. The average molecular weight is 512 g/mol. The molecule has 1 spiro atoms. The molecule has 2 atom stereocenters. The first-order valence-corrected chi connectivity index (χ1v) is 14.6. The van der Waals surface area contributed by atoms with Gasteiger partial charge in [0, 0.05) is 56.9 Å². The van der Waals surface area contributed by atoms with Crippen LogP contribution in [0.25, 0.3) is 0 Å². The van der Waals surface area contributed by atoms with E-state index in [1.807, 2.05) is 24.1 Å². The van der Waals surface area contributed by atoms with Gasteiger partial charge in [0.05, 0.1) is 6.10 Å². The van der Waals surface area contributed by atoms with Crippen LogP contribution in [0, 0.1) is 0 Å². The van der Waals surface area contributed by atoms with Gasteiger partial charge in [0.25, 0.3) is 11.8 Å². The molecule has 2 unspecified atom stereocenters. The number of hydrogen-bond acceptors (Lipinski definition) is 5. The number of rotatable bonds is 4. The summed E-state index contributed by atoms with van der Waals surface area (Å²) < 4.78 is 5.94. The van der Waals surface area contributed by atoms with Gasteiger partial charge in [0.15, 0.2) is 0 Å². The molecule has 4 aliphatic rings. The van der Waals surface area contributed by atoms with Gasteiger partial charge in [-0.15, -0.1) is 0 Å². The Morgan fingerprint density at radius 1 is 0.865 bits per heavy atom. The summed E-state index contributed by atoms with van der Waals surface area (Å²) in [6.07, 6.45) is 14.2. The predicted octanol–water partition coefficient (Wildman–Crippen LogP) is 3.85. The zero-order valence-corrected chi connectivity index (χ0v) is 22.6. The summed E-state index contributed by atoms with van der Waals surface area (Å²) in [6.45, 7) is 2.85. The number of nitrogens with zero attached hydrogens (tertiary/aromatic N) is 2. The maximum absolute atomic E-state index is 13.2. The molecule has 1 aromatic rings. The van der Waals surface area contributed by atoms with Crippen molar-refractivity contribution in [3.05, 3.63) is 35.4 Å². The van der Waals surface area contributed by atoms with Gasteiger partial charge in [-0.2, -0.15) is 0 Å². The minimum atomic E-state index is -1.14. The van der Waals surface area contributed by atoms with E-state index in [0.29, 0.717) is 50.5 Å². The SMILES string of the molecule is COC1CNC2(CCCCCCCCC2)CC1c1ccc(C(=O)N2CCN(C(=O)C3(O)CC3)CC2)cc1. The number of benzene rings is 1. The van der Waals surface area contributed by atoms with Crippen LogP contribution < -0.4 is 5.32 Å². The van der Waals surface area contributed by atoms with Crippen LogP contribution >= 0.6 is 0 Å². The van der Waals surface area contributed by atoms with Gasteiger partial charge in [-0.05, 0) is 49.8 Å². The highest BCUT2D eigenvalue weighted by Crippen LogP contribution is 2.40. The summed E-state index contributed by atoms with van der Waals surface area (Å²) in [5, 5.41) is 14.0. The molecule has 5 rings (SSSR count). The standard InChI is InChI=1S/C30H45N3O4/c1-37-26-22-31-29(13-7-5-3-2-4-6-8-14-29)21-25(26)23-9-11-24(12-10-23)27(34)32-17-19-33(20-18-32)28(35)30(36)15-16-30/h9-12,25-26,31,36H,2-8,13-22H2,1H3. The fourth-order valence-corrected chi connectivity index (χ4v) is 6.78. The Labute approximate surface area is 221 Å². The second kappa shape index (κ2) is 11.4. The number of methoxy groups -OCH3 is 1. The van der Waals surface area contributed by atoms with Gasteiger partial charge < -0.3 is 25.0 Å². The van der Waals surface area contributed by atoms with E-state index in [1.54, 1.807) is 4.90 Å². The van der Waals surface area contributed by atoms with Crippen LogP contribution in [0.3, 0.4) is 0 Å². The Morgan fingerprint density at radius 3 is 2.00 bits per heavy atom. The van der Waals surface area contributed by atoms with E-state index in [0.717, 1.165) is 13.0 Å². The summed E-state index contributed by atoms with van der Waals surface area (Å²) in [7, 11) is 1.81. The number of carbonyl (C=O) groups is 2. The number of piperidine rings is 1. The second-order valence-electron chi connectivity index (χ2n) is 12.0. The molecular formula is C30H45N3O4. The molecule has 2 saturated heterocycles. The smallest absolute Gasteiger partial charge is 0.254 e. The van der Waals surface area contributed by atoms with Crippen molar-refractivity contribution in [2.75, 3.05) is 39.8 Å². The lowest BCUT2D eigenvalue weighted by atomic mass is 9.72. The van der Waals surface area contributed by atoms with Crippen molar-refractivity contribution in [1.82, 2.24) is 15.1 Å². The summed E-state index contributed by atoms with van der Waals surface area (Å²) >= 11 is 0. The van der Waals surface area contributed by atoms with Crippen molar-refractivity contribution in [1.29, 1.82) is 0 Å². The molecule has 2 aliphatic carbocycles. The van der Waals surface area contributed by atoms with E-state index in [-0.39, 0.29) is 23.5 Å². The quantitative estimate of drug-likeness (QED) is 0.642. The van der Waals surface area contributed by atoms with Gasteiger partial charge in [-0.3, -0.25) is 9.59 Å². The van der Waals surface area contributed by atoms with E-state index >= 15 is 0 Å². The van der Waals surface area contributed by atoms with Gasteiger partial charge in [0.2, 0.25) is 0 Å². The van der Waals surface area contributed by atoms with Crippen molar-refractivity contribution in [2.45, 2.75) is 100 Å². The lowest BCUT2D eigenvalue weighted by Crippen LogP contribution is -2.56. The summed E-state index contributed by atoms with van der Waals surface area (Å²) in [6, 6.07) is 8.20. The van der Waals surface area contributed by atoms with Crippen LogP contribution in [-0.2, 0) is 9.53 Å². The first kappa shape index (κ1) is 26.6. The van der Waals surface area contributed by atoms with Gasteiger partial charge in [-0.25, -0.2) is 0 Å². The summed E-state index contributed by atoms with van der Waals surface area (Å²) in [5.41, 5.74) is 1.01. The Bertz CT molecular complexity index is 921. The van der Waals surface area contributed by atoms with E-state index in [9.17, 15) is 14.7 Å². The third-order valence-corrected chi connectivity index (χ3v) is 9.41. The number of piperazine rings is 1.